The predicted molar refractivity (Wildman–Crippen MR) is 118 cm³/mol. The lowest BCUT2D eigenvalue weighted by atomic mass is 10.1. The molecule has 5 nitrogen and oxygen atoms in total. The third-order valence-electron chi connectivity index (χ3n) is 3.75. The van der Waals surface area contributed by atoms with E-state index in [0.717, 1.165) is 18.5 Å². The van der Waals surface area contributed by atoms with E-state index in [2.05, 4.69) is 33.1 Å². The lowest BCUT2D eigenvalue weighted by Crippen LogP contribution is -2.40. The van der Waals surface area contributed by atoms with Gasteiger partial charge in [-0.05, 0) is 17.5 Å². The van der Waals surface area contributed by atoms with E-state index in [4.69, 9.17) is 0 Å². The van der Waals surface area contributed by atoms with Gasteiger partial charge in [-0.2, -0.15) is 0 Å². The van der Waals surface area contributed by atoms with Gasteiger partial charge in [-0.15, -0.1) is 24.0 Å². The molecule has 3 N–H and O–H groups in total. The number of hydrogen-bond donors (Lipinski definition) is 3. The molecular formula is C20H27IN4O. The van der Waals surface area contributed by atoms with Crippen molar-refractivity contribution in [1.82, 2.24) is 16.0 Å². The summed E-state index contributed by atoms with van der Waals surface area (Å²) in [7, 11) is 1.73. The first-order chi connectivity index (χ1) is 12.3. The zero-order valence-electron chi connectivity index (χ0n) is 15.1. The van der Waals surface area contributed by atoms with E-state index in [9.17, 15) is 4.79 Å². The first kappa shape index (κ1) is 22.0. The van der Waals surface area contributed by atoms with Crippen LogP contribution >= 0.6 is 24.0 Å². The molecule has 0 unspecified atom stereocenters. The number of nitrogens with one attached hydrogen (secondary N) is 3. The first-order valence-electron chi connectivity index (χ1n) is 8.57. The molecule has 2 aromatic rings. The van der Waals surface area contributed by atoms with Crippen LogP contribution in [-0.2, 0) is 17.8 Å². The van der Waals surface area contributed by atoms with Gasteiger partial charge in [-0.3, -0.25) is 9.79 Å². The Hall–Kier alpha value is -2.09. The van der Waals surface area contributed by atoms with E-state index in [1.807, 2.05) is 48.5 Å². The number of amides is 1. The largest absolute Gasteiger partial charge is 0.356 e. The maximum absolute atomic E-state index is 11.9. The van der Waals surface area contributed by atoms with Gasteiger partial charge in [0, 0.05) is 33.1 Å². The van der Waals surface area contributed by atoms with Crippen LogP contribution in [0.4, 0.5) is 0 Å². The molecule has 2 aromatic carbocycles. The fourth-order valence-corrected chi connectivity index (χ4v) is 2.37. The minimum Gasteiger partial charge on any atom is -0.356 e. The summed E-state index contributed by atoms with van der Waals surface area (Å²) in [5, 5.41) is 9.34. The number of aliphatic imine (C=N–C) groups is 1. The molecule has 0 radical (unpaired) electrons. The topological polar surface area (TPSA) is 65.5 Å². The summed E-state index contributed by atoms with van der Waals surface area (Å²) in [5.41, 5.74) is 2.38. The summed E-state index contributed by atoms with van der Waals surface area (Å²) >= 11 is 0. The van der Waals surface area contributed by atoms with Gasteiger partial charge in [0.25, 0.3) is 0 Å². The molecule has 0 aliphatic carbocycles. The molecule has 140 valence electrons. The van der Waals surface area contributed by atoms with Crippen LogP contribution in [0.3, 0.4) is 0 Å². The second-order valence-corrected chi connectivity index (χ2v) is 5.67. The van der Waals surface area contributed by atoms with Crippen molar-refractivity contribution in [2.24, 2.45) is 4.99 Å². The van der Waals surface area contributed by atoms with E-state index in [0.29, 0.717) is 25.5 Å². The average molecular weight is 466 g/mol. The molecule has 2 rings (SSSR count). The second kappa shape index (κ2) is 13.2. The quantitative estimate of drug-likeness (QED) is 0.319. The highest BCUT2D eigenvalue weighted by molar-refractivity contribution is 14.0. The Bertz CT molecular complexity index is 662. The molecule has 0 spiro atoms. The Labute approximate surface area is 172 Å². The van der Waals surface area contributed by atoms with Gasteiger partial charge < -0.3 is 16.0 Å². The molecule has 0 aliphatic heterocycles. The van der Waals surface area contributed by atoms with Crippen LogP contribution < -0.4 is 16.0 Å². The van der Waals surface area contributed by atoms with E-state index in [1.54, 1.807) is 7.05 Å². The second-order valence-electron chi connectivity index (χ2n) is 5.67. The minimum atomic E-state index is 0. The standard InChI is InChI=1S/C20H26N4O.HI/c1-21-20(22-14-12-17-8-4-2-5-9-17)23-15-13-19(25)24-16-18-10-6-3-7-11-18;/h2-11H,12-16H2,1H3,(H,24,25)(H2,21,22,23);1H. The van der Waals surface area contributed by atoms with Crippen LogP contribution in [0.15, 0.2) is 65.7 Å². The highest BCUT2D eigenvalue weighted by Gasteiger charge is 2.03. The lowest BCUT2D eigenvalue weighted by molar-refractivity contribution is -0.121. The molecule has 26 heavy (non-hydrogen) atoms. The Morgan fingerprint density at radius 3 is 2.04 bits per heavy atom. The number of halogens is 1. The van der Waals surface area contributed by atoms with Crippen molar-refractivity contribution < 1.29 is 4.79 Å². The van der Waals surface area contributed by atoms with Crippen LogP contribution in [0, 0.1) is 0 Å². The van der Waals surface area contributed by atoms with Crippen LogP contribution in [0.5, 0.6) is 0 Å². The van der Waals surface area contributed by atoms with Crippen molar-refractivity contribution in [3.05, 3.63) is 71.8 Å². The first-order valence-corrected chi connectivity index (χ1v) is 8.57. The molecule has 0 saturated heterocycles. The Morgan fingerprint density at radius 2 is 1.42 bits per heavy atom. The Kier molecular flexibility index (Phi) is 11.1. The van der Waals surface area contributed by atoms with E-state index < -0.39 is 0 Å². The Morgan fingerprint density at radius 1 is 0.846 bits per heavy atom. The van der Waals surface area contributed by atoms with Gasteiger partial charge in [-0.1, -0.05) is 60.7 Å². The SMILES string of the molecule is CN=C(NCCC(=O)NCc1ccccc1)NCCc1ccccc1.I. The zero-order valence-corrected chi connectivity index (χ0v) is 17.4. The number of hydrogen-bond acceptors (Lipinski definition) is 2. The van der Waals surface area contributed by atoms with Crippen molar-refractivity contribution in [3.63, 3.8) is 0 Å². The van der Waals surface area contributed by atoms with Crippen molar-refractivity contribution in [1.29, 1.82) is 0 Å². The fourth-order valence-electron chi connectivity index (χ4n) is 2.37. The molecule has 0 fully saturated rings. The van der Waals surface area contributed by atoms with Crippen LogP contribution in [0.2, 0.25) is 0 Å². The number of guanidine groups is 1. The van der Waals surface area contributed by atoms with Gasteiger partial charge in [0.05, 0.1) is 0 Å². The molecule has 0 bridgehead atoms. The van der Waals surface area contributed by atoms with E-state index in [-0.39, 0.29) is 29.9 Å². The van der Waals surface area contributed by atoms with E-state index >= 15 is 0 Å². The maximum atomic E-state index is 11.9. The molecular weight excluding hydrogens is 439 g/mol. The highest BCUT2D eigenvalue weighted by atomic mass is 127. The zero-order chi connectivity index (χ0) is 17.7. The van der Waals surface area contributed by atoms with Crippen molar-refractivity contribution >= 4 is 35.8 Å². The number of carbonyl (C=O) groups excluding carboxylic acids is 1. The summed E-state index contributed by atoms with van der Waals surface area (Å²) in [6.45, 7) is 1.90. The molecule has 0 atom stereocenters. The smallest absolute Gasteiger partial charge is 0.222 e. The van der Waals surface area contributed by atoms with Gasteiger partial charge in [-0.25, -0.2) is 0 Å². The number of nitrogens with zero attached hydrogens (tertiary/aromatic N) is 1. The van der Waals surface area contributed by atoms with Crippen molar-refractivity contribution in [2.75, 3.05) is 20.1 Å². The summed E-state index contributed by atoms with van der Waals surface area (Å²) in [6, 6.07) is 20.2. The number of rotatable bonds is 8. The normalized spacial score (nSPS) is 10.6. The monoisotopic (exact) mass is 466 g/mol. The van der Waals surface area contributed by atoms with Gasteiger partial charge in [0.1, 0.15) is 0 Å². The summed E-state index contributed by atoms with van der Waals surface area (Å²) in [5.74, 6) is 0.739. The molecule has 0 heterocycles. The van der Waals surface area contributed by atoms with Gasteiger partial charge in [0.15, 0.2) is 5.96 Å². The van der Waals surface area contributed by atoms with Crippen molar-refractivity contribution in [3.8, 4) is 0 Å². The number of benzene rings is 2. The van der Waals surface area contributed by atoms with Crippen LogP contribution in [0.25, 0.3) is 0 Å². The third kappa shape index (κ3) is 8.84. The number of carbonyl (C=O) groups is 1. The van der Waals surface area contributed by atoms with Gasteiger partial charge >= 0.3 is 0 Å². The highest BCUT2D eigenvalue weighted by Crippen LogP contribution is 1.98. The van der Waals surface area contributed by atoms with Crippen molar-refractivity contribution in [2.45, 2.75) is 19.4 Å². The third-order valence-corrected chi connectivity index (χ3v) is 3.75. The fraction of sp³-hybridized carbons (Fsp3) is 0.300. The predicted octanol–water partition coefficient (Wildman–Crippen LogP) is 2.72. The average Bonchev–Trinajstić information content (AvgIpc) is 2.67. The summed E-state index contributed by atoms with van der Waals surface area (Å²) in [4.78, 5) is 16.0. The molecule has 0 saturated carbocycles. The Balaban J connectivity index is 0.00000338. The lowest BCUT2D eigenvalue weighted by Gasteiger charge is -2.12. The maximum Gasteiger partial charge on any atom is 0.222 e. The van der Waals surface area contributed by atoms with Gasteiger partial charge in [0.2, 0.25) is 5.91 Å². The molecule has 0 aromatic heterocycles. The minimum absolute atomic E-state index is 0. The van der Waals surface area contributed by atoms with Crippen LogP contribution in [0.1, 0.15) is 17.5 Å². The summed E-state index contributed by atoms with van der Waals surface area (Å²) in [6.07, 6.45) is 1.34. The van der Waals surface area contributed by atoms with E-state index in [1.165, 1.54) is 5.56 Å². The van der Waals surface area contributed by atoms with Crippen LogP contribution in [-0.4, -0.2) is 32.0 Å². The molecule has 1 amide bonds. The summed E-state index contributed by atoms with van der Waals surface area (Å²) < 4.78 is 0. The molecule has 0 aliphatic rings. The molecule has 6 heteroatoms.